The molecule has 2 unspecified atom stereocenters. The summed E-state index contributed by atoms with van der Waals surface area (Å²) < 4.78 is 7.39. The molecule has 28 heavy (non-hydrogen) atoms. The summed E-state index contributed by atoms with van der Waals surface area (Å²) in [6.45, 7) is 0. The van der Waals surface area contributed by atoms with Gasteiger partial charge in [-0.1, -0.05) is 63.4 Å². The van der Waals surface area contributed by atoms with Crippen molar-refractivity contribution in [3.05, 3.63) is 97.9 Å². The average molecular weight is 474 g/mol. The molecular formula is C22H15BrCl2N2O. The van der Waals surface area contributed by atoms with Crippen molar-refractivity contribution in [3.8, 4) is 5.75 Å². The Morgan fingerprint density at radius 2 is 1.64 bits per heavy atom. The van der Waals surface area contributed by atoms with Crippen LogP contribution in [-0.4, -0.2) is 10.7 Å². The van der Waals surface area contributed by atoms with E-state index < -0.39 is 0 Å². The molecule has 6 heteroatoms. The highest BCUT2D eigenvalue weighted by atomic mass is 79.9. The first kappa shape index (κ1) is 18.0. The van der Waals surface area contributed by atoms with Gasteiger partial charge in [0.05, 0.1) is 11.8 Å². The molecule has 0 aromatic heterocycles. The normalized spacial score (nSPS) is 20.2. The lowest BCUT2D eigenvalue weighted by molar-refractivity contribution is -0.0190. The van der Waals surface area contributed by atoms with Gasteiger partial charge in [0, 0.05) is 32.1 Å². The van der Waals surface area contributed by atoms with Crippen LogP contribution < -0.4 is 4.74 Å². The van der Waals surface area contributed by atoms with Gasteiger partial charge in [0.2, 0.25) is 6.23 Å². The minimum Gasteiger partial charge on any atom is -0.464 e. The molecule has 0 radical (unpaired) electrons. The van der Waals surface area contributed by atoms with Crippen molar-refractivity contribution in [2.24, 2.45) is 5.10 Å². The van der Waals surface area contributed by atoms with Crippen LogP contribution >= 0.6 is 39.1 Å². The minimum atomic E-state index is -0.316. The number of rotatable bonds is 2. The number of hydrazone groups is 1. The van der Waals surface area contributed by atoms with Gasteiger partial charge in [0.15, 0.2) is 0 Å². The van der Waals surface area contributed by atoms with E-state index in [1.807, 2.05) is 59.6 Å². The van der Waals surface area contributed by atoms with E-state index in [9.17, 15) is 0 Å². The Labute approximate surface area is 181 Å². The second-order valence-corrected chi connectivity index (χ2v) is 8.65. The van der Waals surface area contributed by atoms with Gasteiger partial charge in [-0.15, -0.1) is 0 Å². The predicted octanol–water partition coefficient (Wildman–Crippen LogP) is 7.00. The average Bonchev–Trinajstić information content (AvgIpc) is 3.14. The fraction of sp³-hybridized carbons (Fsp3) is 0.136. The lowest BCUT2D eigenvalue weighted by Gasteiger charge is -2.38. The Kier molecular flexibility index (Phi) is 4.58. The molecule has 2 atom stereocenters. The van der Waals surface area contributed by atoms with Crippen molar-refractivity contribution in [1.82, 2.24) is 5.01 Å². The molecular weight excluding hydrogens is 459 g/mol. The van der Waals surface area contributed by atoms with Crippen molar-refractivity contribution in [2.75, 3.05) is 0 Å². The van der Waals surface area contributed by atoms with Crippen LogP contribution in [0.15, 0.2) is 76.3 Å². The molecule has 0 fully saturated rings. The SMILES string of the molecule is Clc1ccc(C2Oc3ccc(Cl)cc3C3CC(c4ccc(Br)cc4)=NN32)cc1. The van der Waals surface area contributed by atoms with Gasteiger partial charge in [0.25, 0.3) is 0 Å². The Bertz CT molecular complexity index is 1070. The molecule has 3 aromatic carbocycles. The van der Waals surface area contributed by atoms with E-state index in [1.54, 1.807) is 0 Å². The van der Waals surface area contributed by atoms with E-state index >= 15 is 0 Å². The number of benzene rings is 3. The molecule has 2 aliphatic rings. The molecule has 0 amide bonds. The van der Waals surface area contributed by atoms with Gasteiger partial charge in [0.1, 0.15) is 5.75 Å². The van der Waals surface area contributed by atoms with Gasteiger partial charge in [-0.25, -0.2) is 5.01 Å². The van der Waals surface area contributed by atoms with Crippen LogP contribution in [0.1, 0.15) is 35.4 Å². The monoisotopic (exact) mass is 472 g/mol. The van der Waals surface area contributed by atoms with E-state index in [-0.39, 0.29) is 12.3 Å². The third-order valence-corrected chi connectivity index (χ3v) is 6.10. The summed E-state index contributed by atoms with van der Waals surface area (Å²) in [5.41, 5.74) is 4.22. The van der Waals surface area contributed by atoms with Crippen LogP contribution in [0.5, 0.6) is 5.75 Å². The smallest absolute Gasteiger partial charge is 0.213 e. The van der Waals surface area contributed by atoms with Crippen molar-refractivity contribution >= 4 is 44.8 Å². The topological polar surface area (TPSA) is 24.8 Å². The third-order valence-electron chi connectivity index (χ3n) is 5.08. The van der Waals surface area contributed by atoms with Gasteiger partial charge >= 0.3 is 0 Å². The maximum absolute atomic E-state index is 6.34. The van der Waals surface area contributed by atoms with Crippen LogP contribution in [0, 0.1) is 0 Å². The van der Waals surface area contributed by atoms with Gasteiger partial charge in [-0.2, -0.15) is 5.10 Å². The molecule has 0 saturated heterocycles. The summed E-state index contributed by atoms with van der Waals surface area (Å²) in [5, 5.41) is 8.39. The van der Waals surface area contributed by atoms with E-state index in [0.29, 0.717) is 10.0 Å². The number of nitrogens with zero attached hydrogens (tertiary/aromatic N) is 2. The van der Waals surface area contributed by atoms with Crippen LogP contribution in [0.4, 0.5) is 0 Å². The summed E-state index contributed by atoms with van der Waals surface area (Å²) in [5.74, 6) is 0.845. The van der Waals surface area contributed by atoms with Crippen molar-refractivity contribution in [2.45, 2.75) is 18.7 Å². The zero-order chi connectivity index (χ0) is 19.3. The highest BCUT2D eigenvalue weighted by Gasteiger charge is 2.41. The molecule has 5 rings (SSSR count). The summed E-state index contributed by atoms with van der Waals surface area (Å²) >= 11 is 15.8. The summed E-state index contributed by atoms with van der Waals surface area (Å²) in [4.78, 5) is 0. The second kappa shape index (κ2) is 7.11. The van der Waals surface area contributed by atoms with E-state index in [0.717, 1.165) is 39.0 Å². The van der Waals surface area contributed by atoms with E-state index in [1.165, 1.54) is 0 Å². The van der Waals surface area contributed by atoms with E-state index in [2.05, 4.69) is 28.1 Å². The minimum absolute atomic E-state index is 0.0711. The summed E-state index contributed by atoms with van der Waals surface area (Å²) in [6, 6.07) is 21.8. The number of halogens is 3. The standard InChI is InChI=1S/C22H15BrCl2N2O/c23-15-5-1-13(2-6-15)19-12-20-18-11-17(25)9-10-21(18)28-22(27(20)26-19)14-3-7-16(24)8-4-14/h1-11,20,22H,12H2. The van der Waals surface area contributed by atoms with Gasteiger partial charge in [-0.05, 0) is 48.0 Å². The van der Waals surface area contributed by atoms with Crippen LogP contribution in [0.3, 0.4) is 0 Å². The second-order valence-electron chi connectivity index (χ2n) is 6.86. The maximum atomic E-state index is 6.34. The Morgan fingerprint density at radius 1 is 0.929 bits per heavy atom. The highest BCUT2D eigenvalue weighted by Crippen LogP contribution is 2.48. The van der Waals surface area contributed by atoms with E-state index in [4.69, 9.17) is 33.0 Å². The lowest BCUT2D eigenvalue weighted by Crippen LogP contribution is -2.33. The Balaban J connectivity index is 1.59. The zero-order valence-corrected chi connectivity index (χ0v) is 17.7. The van der Waals surface area contributed by atoms with Crippen molar-refractivity contribution < 1.29 is 4.74 Å². The number of fused-ring (bicyclic) bond motifs is 3. The molecule has 2 aliphatic heterocycles. The highest BCUT2D eigenvalue weighted by molar-refractivity contribution is 9.10. The number of hydrogen-bond acceptors (Lipinski definition) is 3. The van der Waals surface area contributed by atoms with Gasteiger partial charge in [-0.3, -0.25) is 0 Å². The fourth-order valence-corrected chi connectivity index (χ4v) is 4.29. The molecule has 0 saturated carbocycles. The molecule has 3 aromatic rings. The number of hydrogen-bond donors (Lipinski definition) is 0. The van der Waals surface area contributed by atoms with Crippen LogP contribution in [0.2, 0.25) is 10.0 Å². The lowest BCUT2D eigenvalue weighted by atomic mass is 9.96. The Hall–Kier alpha value is -2.01. The molecule has 0 aliphatic carbocycles. The largest absolute Gasteiger partial charge is 0.464 e. The molecule has 140 valence electrons. The first-order valence-electron chi connectivity index (χ1n) is 8.92. The fourth-order valence-electron chi connectivity index (χ4n) is 3.72. The maximum Gasteiger partial charge on any atom is 0.213 e. The zero-order valence-electron chi connectivity index (χ0n) is 14.6. The summed E-state index contributed by atoms with van der Waals surface area (Å²) in [6.07, 6.45) is 0.478. The molecule has 0 N–H and O–H groups in total. The first-order valence-corrected chi connectivity index (χ1v) is 10.5. The molecule has 0 bridgehead atoms. The quantitative estimate of drug-likeness (QED) is 0.400. The van der Waals surface area contributed by atoms with Crippen molar-refractivity contribution in [1.29, 1.82) is 0 Å². The predicted molar refractivity (Wildman–Crippen MR) is 116 cm³/mol. The molecule has 2 heterocycles. The molecule has 0 spiro atoms. The van der Waals surface area contributed by atoms with Crippen LogP contribution in [0.25, 0.3) is 0 Å². The first-order chi connectivity index (χ1) is 13.6. The molecule has 3 nitrogen and oxygen atoms in total. The van der Waals surface area contributed by atoms with Gasteiger partial charge < -0.3 is 4.74 Å². The number of ether oxygens (including phenoxy) is 1. The van der Waals surface area contributed by atoms with Crippen LogP contribution in [-0.2, 0) is 0 Å². The van der Waals surface area contributed by atoms with Crippen molar-refractivity contribution in [3.63, 3.8) is 0 Å². The summed E-state index contributed by atoms with van der Waals surface area (Å²) in [7, 11) is 0. The Morgan fingerprint density at radius 3 is 2.39 bits per heavy atom. The third kappa shape index (κ3) is 3.20.